The van der Waals surface area contributed by atoms with Gasteiger partial charge >= 0.3 is 0 Å². The molecule has 0 amide bonds. The van der Waals surface area contributed by atoms with E-state index in [0.29, 0.717) is 16.6 Å². The van der Waals surface area contributed by atoms with Crippen LogP contribution in [0.25, 0.3) is 11.0 Å². The van der Waals surface area contributed by atoms with E-state index in [0.717, 1.165) is 0 Å². The number of alkyl halides is 1. The first-order valence-corrected chi connectivity index (χ1v) is 5.94. The van der Waals surface area contributed by atoms with Gasteiger partial charge in [-0.25, -0.2) is 13.5 Å². The fourth-order valence-corrected chi connectivity index (χ4v) is 2.21. The predicted octanol–water partition coefficient (Wildman–Crippen LogP) is 4.10. The average Bonchev–Trinajstić information content (AvgIpc) is 2.77. The highest BCUT2D eigenvalue weighted by atomic mass is 35.5. The first-order valence-electron chi connectivity index (χ1n) is 5.60. The summed E-state index contributed by atoms with van der Waals surface area (Å²) < 4.78 is 15.7. The molecule has 1 aromatic heterocycles. The second-order valence-corrected chi connectivity index (χ2v) is 4.35. The zero-order valence-corrected chi connectivity index (χ0v) is 10.2. The number of halogens is 2. The summed E-state index contributed by atoms with van der Waals surface area (Å²) in [5.41, 5.74) is 1.96. The third-order valence-corrected chi connectivity index (χ3v) is 3.20. The maximum Gasteiger partial charge on any atom is 0.184 e. The van der Waals surface area contributed by atoms with Gasteiger partial charge in [0, 0.05) is 11.8 Å². The molecule has 90 valence electrons. The molecule has 4 heteroatoms. The van der Waals surface area contributed by atoms with Crippen molar-refractivity contribution in [1.29, 1.82) is 0 Å². The summed E-state index contributed by atoms with van der Waals surface area (Å²) in [6.45, 7) is 0. The summed E-state index contributed by atoms with van der Waals surface area (Å²) in [5.74, 6) is 0.212. The van der Waals surface area contributed by atoms with E-state index in [1.165, 1.54) is 4.09 Å². The molecule has 0 saturated carbocycles. The third-order valence-electron chi connectivity index (χ3n) is 2.85. The quantitative estimate of drug-likeness (QED) is 0.678. The van der Waals surface area contributed by atoms with Crippen LogP contribution in [0, 0.1) is 0 Å². The van der Waals surface area contributed by atoms with Crippen LogP contribution in [0.2, 0.25) is 0 Å². The zero-order chi connectivity index (χ0) is 12.5. The molecule has 2 aromatic carbocycles. The first-order chi connectivity index (χ1) is 8.77. The molecular weight excluding hydrogens is 251 g/mol. The molecule has 2 nitrogen and oxygen atoms in total. The molecule has 0 fully saturated rings. The highest BCUT2D eigenvalue weighted by Crippen LogP contribution is 2.29. The predicted molar refractivity (Wildman–Crippen MR) is 70.4 cm³/mol. The van der Waals surface area contributed by atoms with Crippen LogP contribution in [0.15, 0.2) is 54.6 Å². The normalized spacial score (nSPS) is 12.8. The number of imidazole rings is 1. The number of fused-ring (bicyclic) bond motifs is 1. The monoisotopic (exact) mass is 260 g/mol. The highest BCUT2D eigenvalue weighted by Gasteiger charge is 2.20. The van der Waals surface area contributed by atoms with Crippen LogP contribution in [-0.4, -0.2) is 9.07 Å². The van der Waals surface area contributed by atoms with E-state index in [1.807, 2.05) is 30.3 Å². The molecule has 0 bridgehead atoms. The SMILES string of the molecule is FC(c1ccccc1)c1nc2ccccc2n1Cl. The molecular formula is C14H10ClFN2. The maximum atomic E-state index is 14.4. The van der Waals surface area contributed by atoms with Gasteiger partial charge in [-0.3, -0.25) is 0 Å². The van der Waals surface area contributed by atoms with Gasteiger partial charge in [0.25, 0.3) is 0 Å². The van der Waals surface area contributed by atoms with Crippen LogP contribution in [-0.2, 0) is 0 Å². The molecule has 0 aliphatic rings. The molecule has 0 aliphatic heterocycles. The van der Waals surface area contributed by atoms with Crippen LogP contribution >= 0.6 is 11.8 Å². The second-order valence-electron chi connectivity index (χ2n) is 4.01. The minimum absolute atomic E-state index is 0.212. The van der Waals surface area contributed by atoms with Crippen molar-refractivity contribution in [2.75, 3.05) is 0 Å². The van der Waals surface area contributed by atoms with Crippen LogP contribution in [0.4, 0.5) is 4.39 Å². The highest BCUT2D eigenvalue weighted by molar-refractivity contribution is 6.19. The van der Waals surface area contributed by atoms with E-state index in [1.54, 1.807) is 24.3 Å². The van der Waals surface area contributed by atoms with Gasteiger partial charge in [-0.1, -0.05) is 42.5 Å². The third kappa shape index (κ3) is 1.77. The molecule has 0 spiro atoms. The summed E-state index contributed by atoms with van der Waals surface area (Å²) in [5, 5.41) is 0. The standard InChI is InChI=1S/C14H10ClFN2/c15-18-12-9-5-4-8-11(12)17-14(18)13(16)10-6-2-1-3-7-10/h1-9,13H. The lowest BCUT2D eigenvalue weighted by Gasteiger charge is -2.06. The van der Waals surface area contributed by atoms with E-state index >= 15 is 0 Å². The van der Waals surface area contributed by atoms with E-state index < -0.39 is 6.17 Å². The summed E-state index contributed by atoms with van der Waals surface area (Å²) in [6.07, 6.45) is -1.32. The number of nitrogens with zero attached hydrogens (tertiary/aromatic N) is 2. The van der Waals surface area contributed by atoms with Crippen LogP contribution in [0.5, 0.6) is 0 Å². The van der Waals surface area contributed by atoms with Gasteiger partial charge in [-0.05, 0) is 17.7 Å². The zero-order valence-electron chi connectivity index (χ0n) is 9.42. The van der Waals surface area contributed by atoms with Gasteiger partial charge < -0.3 is 0 Å². The molecule has 18 heavy (non-hydrogen) atoms. The summed E-state index contributed by atoms with van der Waals surface area (Å²) in [6, 6.07) is 16.2. The van der Waals surface area contributed by atoms with Gasteiger partial charge in [0.15, 0.2) is 12.0 Å². The second kappa shape index (κ2) is 4.42. The minimum Gasteiger partial charge on any atom is -0.235 e. The largest absolute Gasteiger partial charge is 0.235 e. The number of hydrogen-bond acceptors (Lipinski definition) is 1. The topological polar surface area (TPSA) is 17.8 Å². The molecule has 0 radical (unpaired) electrons. The van der Waals surface area contributed by atoms with Gasteiger partial charge in [0.1, 0.15) is 0 Å². The smallest absolute Gasteiger partial charge is 0.184 e. The number of hydrogen-bond donors (Lipinski definition) is 0. The average molecular weight is 261 g/mol. The van der Waals surface area contributed by atoms with Crippen molar-refractivity contribution in [2.45, 2.75) is 6.17 Å². The summed E-state index contributed by atoms with van der Waals surface area (Å²) in [7, 11) is 0. The molecule has 3 rings (SSSR count). The fraction of sp³-hybridized carbons (Fsp3) is 0.0714. The van der Waals surface area contributed by atoms with E-state index in [2.05, 4.69) is 4.98 Å². The Morgan fingerprint density at radius 2 is 1.67 bits per heavy atom. The molecule has 3 aromatic rings. The Morgan fingerprint density at radius 3 is 2.39 bits per heavy atom. The molecule has 0 N–H and O–H groups in total. The van der Waals surface area contributed by atoms with Crippen molar-refractivity contribution >= 4 is 22.8 Å². The Kier molecular flexibility index (Phi) is 2.76. The van der Waals surface area contributed by atoms with Gasteiger partial charge in [0.2, 0.25) is 0 Å². The molecule has 0 saturated heterocycles. The number of aromatic nitrogens is 2. The van der Waals surface area contributed by atoms with Crippen molar-refractivity contribution in [1.82, 2.24) is 9.07 Å². The number of benzene rings is 2. The van der Waals surface area contributed by atoms with E-state index in [9.17, 15) is 4.39 Å². The Morgan fingerprint density at radius 1 is 1.00 bits per heavy atom. The number of rotatable bonds is 2. The number of para-hydroxylation sites is 2. The molecule has 1 atom stereocenters. The molecule has 1 heterocycles. The molecule has 0 aliphatic carbocycles. The van der Waals surface area contributed by atoms with Crippen molar-refractivity contribution in [3.63, 3.8) is 0 Å². The Bertz CT molecular complexity index is 679. The first kappa shape index (κ1) is 11.2. The maximum absolute atomic E-state index is 14.4. The molecule has 1 unspecified atom stereocenters. The van der Waals surface area contributed by atoms with Crippen molar-refractivity contribution in [2.24, 2.45) is 0 Å². The van der Waals surface area contributed by atoms with Gasteiger partial charge in [-0.2, -0.15) is 0 Å². The van der Waals surface area contributed by atoms with Crippen LogP contribution < -0.4 is 0 Å². The van der Waals surface area contributed by atoms with Crippen molar-refractivity contribution in [3.8, 4) is 0 Å². The lowest BCUT2D eigenvalue weighted by atomic mass is 10.1. The van der Waals surface area contributed by atoms with Crippen molar-refractivity contribution < 1.29 is 4.39 Å². The Labute approximate surface area is 109 Å². The van der Waals surface area contributed by atoms with Gasteiger partial charge in [-0.15, -0.1) is 0 Å². The van der Waals surface area contributed by atoms with Crippen LogP contribution in [0.3, 0.4) is 0 Å². The van der Waals surface area contributed by atoms with E-state index in [-0.39, 0.29) is 5.82 Å². The lowest BCUT2D eigenvalue weighted by molar-refractivity contribution is 0.384. The summed E-state index contributed by atoms with van der Waals surface area (Å²) >= 11 is 6.12. The van der Waals surface area contributed by atoms with Gasteiger partial charge in [0.05, 0.1) is 11.0 Å². The van der Waals surface area contributed by atoms with E-state index in [4.69, 9.17) is 11.8 Å². The Balaban J connectivity index is 2.12. The fourth-order valence-electron chi connectivity index (χ4n) is 1.94. The minimum atomic E-state index is -1.32. The van der Waals surface area contributed by atoms with Crippen LogP contribution in [0.1, 0.15) is 17.6 Å². The summed E-state index contributed by atoms with van der Waals surface area (Å²) in [4.78, 5) is 4.24. The Hall–Kier alpha value is -1.87. The lowest BCUT2D eigenvalue weighted by Crippen LogP contribution is -2.00. The van der Waals surface area contributed by atoms with Crippen molar-refractivity contribution in [3.05, 3.63) is 66.0 Å².